The van der Waals surface area contributed by atoms with Crippen molar-refractivity contribution >= 4 is 11.6 Å². The first kappa shape index (κ1) is 13.7. The van der Waals surface area contributed by atoms with Gasteiger partial charge >= 0.3 is 0 Å². The number of aromatic nitrogens is 2. The molecule has 2 aromatic rings. The Balaban J connectivity index is 1.73. The number of nitrogens with one attached hydrogen (secondary N) is 1. The molecule has 1 aliphatic heterocycles. The minimum Gasteiger partial charge on any atom is -0.508 e. The van der Waals surface area contributed by atoms with Crippen molar-refractivity contribution < 1.29 is 5.11 Å². The summed E-state index contributed by atoms with van der Waals surface area (Å²) in [7, 11) is 0. The van der Waals surface area contributed by atoms with Gasteiger partial charge in [0.2, 0.25) is 0 Å². The molecule has 1 aromatic heterocycles. The van der Waals surface area contributed by atoms with Gasteiger partial charge in [-0.1, -0.05) is 12.1 Å². The van der Waals surface area contributed by atoms with E-state index in [0.717, 1.165) is 30.3 Å². The molecular weight excluding hydrogens is 264 g/mol. The highest BCUT2D eigenvalue weighted by molar-refractivity contribution is 5.50. The maximum atomic E-state index is 9.56. The minimum absolute atomic E-state index is 0.0680. The Bertz CT molecular complexity index is 611. The smallest absolute Gasteiger partial charge is 0.134 e. The Morgan fingerprint density at radius 3 is 2.76 bits per heavy atom. The molecule has 1 aromatic carbocycles. The standard InChI is InChI=1S/C16H20N4O/c1-12(13-5-4-6-14(21)9-13)19-15-10-16(18-11-17-15)20-7-2-3-8-20/h4-6,9-12,21H,2-3,7-8H2,1H3,(H,17,18,19). The van der Waals surface area contributed by atoms with Gasteiger partial charge in [-0.05, 0) is 37.5 Å². The number of phenolic OH excluding ortho intramolecular Hbond substituents is 1. The third-order valence-electron chi connectivity index (χ3n) is 3.82. The highest BCUT2D eigenvalue weighted by Gasteiger charge is 2.14. The fraction of sp³-hybridized carbons (Fsp3) is 0.375. The van der Waals surface area contributed by atoms with Crippen molar-refractivity contribution in [3.63, 3.8) is 0 Å². The van der Waals surface area contributed by atoms with E-state index >= 15 is 0 Å². The largest absolute Gasteiger partial charge is 0.508 e. The molecule has 1 saturated heterocycles. The van der Waals surface area contributed by atoms with Crippen LogP contribution in [0.5, 0.6) is 5.75 Å². The molecule has 2 N–H and O–H groups in total. The Kier molecular flexibility index (Phi) is 3.90. The van der Waals surface area contributed by atoms with Crippen molar-refractivity contribution in [2.24, 2.45) is 0 Å². The van der Waals surface area contributed by atoms with E-state index in [1.54, 1.807) is 18.5 Å². The average molecular weight is 284 g/mol. The zero-order chi connectivity index (χ0) is 14.7. The molecule has 1 atom stereocenters. The van der Waals surface area contributed by atoms with Crippen molar-refractivity contribution in [3.8, 4) is 5.75 Å². The molecule has 0 saturated carbocycles. The van der Waals surface area contributed by atoms with Crippen molar-refractivity contribution in [2.75, 3.05) is 23.3 Å². The lowest BCUT2D eigenvalue weighted by Crippen LogP contribution is -2.19. The van der Waals surface area contributed by atoms with Crippen LogP contribution in [0.25, 0.3) is 0 Å². The third-order valence-corrected chi connectivity index (χ3v) is 3.82. The number of benzene rings is 1. The molecule has 2 heterocycles. The first-order valence-corrected chi connectivity index (χ1v) is 7.35. The first-order valence-electron chi connectivity index (χ1n) is 7.35. The lowest BCUT2D eigenvalue weighted by atomic mass is 10.1. The van der Waals surface area contributed by atoms with Gasteiger partial charge in [0.05, 0.1) is 6.04 Å². The van der Waals surface area contributed by atoms with Crippen LogP contribution in [0.2, 0.25) is 0 Å². The summed E-state index contributed by atoms with van der Waals surface area (Å²) in [5.74, 6) is 2.07. The summed E-state index contributed by atoms with van der Waals surface area (Å²) in [5.41, 5.74) is 1.02. The van der Waals surface area contributed by atoms with Gasteiger partial charge in [0, 0.05) is 19.2 Å². The monoisotopic (exact) mass is 284 g/mol. The molecule has 1 unspecified atom stereocenters. The number of hydrogen-bond acceptors (Lipinski definition) is 5. The van der Waals surface area contributed by atoms with E-state index in [9.17, 15) is 5.11 Å². The van der Waals surface area contributed by atoms with E-state index in [2.05, 4.69) is 20.2 Å². The van der Waals surface area contributed by atoms with Gasteiger partial charge in [-0.25, -0.2) is 9.97 Å². The van der Waals surface area contributed by atoms with Crippen LogP contribution < -0.4 is 10.2 Å². The van der Waals surface area contributed by atoms with Crippen LogP contribution in [0.15, 0.2) is 36.7 Å². The van der Waals surface area contributed by atoms with Gasteiger partial charge in [0.1, 0.15) is 23.7 Å². The molecule has 1 fully saturated rings. The van der Waals surface area contributed by atoms with Gasteiger partial charge < -0.3 is 15.3 Å². The van der Waals surface area contributed by atoms with Crippen LogP contribution in [-0.2, 0) is 0 Å². The average Bonchev–Trinajstić information content (AvgIpc) is 3.02. The topological polar surface area (TPSA) is 61.3 Å². The lowest BCUT2D eigenvalue weighted by molar-refractivity contribution is 0.474. The fourth-order valence-corrected chi connectivity index (χ4v) is 2.64. The third kappa shape index (κ3) is 3.24. The maximum Gasteiger partial charge on any atom is 0.134 e. The number of anilines is 2. The highest BCUT2D eigenvalue weighted by Crippen LogP contribution is 2.24. The van der Waals surface area contributed by atoms with Gasteiger partial charge in [-0.3, -0.25) is 0 Å². The lowest BCUT2D eigenvalue weighted by Gasteiger charge is -2.19. The minimum atomic E-state index is 0.0680. The zero-order valence-corrected chi connectivity index (χ0v) is 12.2. The van der Waals surface area contributed by atoms with Crippen molar-refractivity contribution in [1.82, 2.24) is 9.97 Å². The molecule has 110 valence electrons. The molecule has 1 aliphatic rings. The molecule has 3 rings (SSSR count). The van der Waals surface area contributed by atoms with Crippen LogP contribution in [0.1, 0.15) is 31.4 Å². The predicted octanol–water partition coefficient (Wildman–Crippen LogP) is 2.96. The first-order chi connectivity index (χ1) is 10.2. The maximum absolute atomic E-state index is 9.56. The molecule has 5 heteroatoms. The van der Waals surface area contributed by atoms with E-state index < -0.39 is 0 Å². The Labute approximate surface area is 124 Å². The zero-order valence-electron chi connectivity index (χ0n) is 12.2. The predicted molar refractivity (Wildman–Crippen MR) is 83.6 cm³/mol. The molecule has 0 bridgehead atoms. The molecule has 21 heavy (non-hydrogen) atoms. The van der Waals surface area contributed by atoms with E-state index in [1.807, 2.05) is 25.1 Å². The van der Waals surface area contributed by atoms with Gasteiger partial charge in [-0.2, -0.15) is 0 Å². The van der Waals surface area contributed by atoms with Crippen molar-refractivity contribution in [2.45, 2.75) is 25.8 Å². The van der Waals surface area contributed by atoms with Crippen molar-refractivity contribution in [1.29, 1.82) is 0 Å². The summed E-state index contributed by atoms with van der Waals surface area (Å²) in [6.07, 6.45) is 4.06. The summed E-state index contributed by atoms with van der Waals surface area (Å²) >= 11 is 0. The summed E-state index contributed by atoms with van der Waals surface area (Å²) in [5, 5.41) is 12.9. The van der Waals surface area contributed by atoms with Crippen LogP contribution in [0, 0.1) is 0 Å². The summed E-state index contributed by atoms with van der Waals surface area (Å²) in [4.78, 5) is 10.9. The number of nitrogens with zero attached hydrogens (tertiary/aromatic N) is 3. The van der Waals surface area contributed by atoms with Gasteiger partial charge in [0.25, 0.3) is 0 Å². The van der Waals surface area contributed by atoms with E-state index in [1.165, 1.54) is 12.8 Å². The fourth-order valence-electron chi connectivity index (χ4n) is 2.64. The van der Waals surface area contributed by atoms with Crippen molar-refractivity contribution in [3.05, 3.63) is 42.2 Å². The SMILES string of the molecule is CC(Nc1cc(N2CCCC2)ncn1)c1cccc(O)c1. The highest BCUT2D eigenvalue weighted by atomic mass is 16.3. The number of rotatable bonds is 4. The molecule has 0 spiro atoms. The number of aromatic hydroxyl groups is 1. The second-order valence-corrected chi connectivity index (χ2v) is 5.42. The molecule has 0 radical (unpaired) electrons. The quantitative estimate of drug-likeness (QED) is 0.904. The normalized spacial score (nSPS) is 16.0. The van der Waals surface area contributed by atoms with Gasteiger partial charge in [0.15, 0.2) is 0 Å². The van der Waals surface area contributed by atoms with Crippen LogP contribution in [0.4, 0.5) is 11.6 Å². The second kappa shape index (κ2) is 5.99. The Morgan fingerprint density at radius 2 is 2.00 bits per heavy atom. The second-order valence-electron chi connectivity index (χ2n) is 5.42. The Morgan fingerprint density at radius 1 is 1.19 bits per heavy atom. The Hall–Kier alpha value is -2.30. The number of phenols is 1. The molecular formula is C16H20N4O. The van der Waals surface area contributed by atoms with E-state index in [4.69, 9.17) is 0 Å². The summed E-state index contributed by atoms with van der Waals surface area (Å²) in [6.45, 7) is 4.18. The van der Waals surface area contributed by atoms with E-state index in [0.29, 0.717) is 0 Å². The summed E-state index contributed by atoms with van der Waals surface area (Å²) < 4.78 is 0. The van der Waals surface area contributed by atoms with Crippen LogP contribution in [0.3, 0.4) is 0 Å². The van der Waals surface area contributed by atoms with Crippen LogP contribution >= 0.6 is 0 Å². The summed E-state index contributed by atoms with van der Waals surface area (Å²) in [6, 6.07) is 9.33. The van der Waals surface area contributed by atoms with E-state index in [-0.39, 0.29) is 11.8 Å². The molecule has 0 aliphatic carbocycles. The van der Waals surface area contributed by atoms with Gasteiger partial charge in [-0.15, -0.1) is 0 Å². The molecule has 0 amide bonds. The number of hydrogen-bond donors (Lipinski definition) is 2. The van der Waals surface area contributed by atoms with Crippen LogP contribution in [-0.4, -0.2) is 28.2 Å². The molecule has 5 nitrogen and oxygen atoms in total.